The molecule has 0 spiro atoms. The van der Waals surface area contributed by atoms with E-state index in [2.05, 4.69) is 58.5 Å². The molecule has 0 aliphatic carbocycles. The van der Waals surface area contributed by atoms with Crippen molar-refractivity contribution in [3.8, 4) is 34.4 Å². The molecule has 4 heterocycles. The molecular formula is C39H31FN6O2. The van der Waals surface area contributed by atoms with Gasteiger partial charge in [0.25, 0.3) is 11.8 Å². The summed E-state index contributed by atoms with van der Waals surface area (Å²) in [4.78, 5) is 24.6. The third kappa shape index (κ3) is 4.97. The molecule has 0 radical (unpaired) electrons. The number of hydrogen-bond acceptors (Lipinski definition) is 4. The van der Waals surface area contributed by atoms with Crippen molar-refractivity contribution in [2.24, 2.45) is 0 Å². The minimum absolute atomic E-state index is 0.0386. The number of hydrogen-bond donors (Lipinski definition) is 2. The molecule has 6 aromatic rings. The van der Waals surface area contributed by atoms with Crippen LogP contribution in [0.3, 0.4) is 0 Å². The molecule has 8 rings (SSSR count). The zero-order chi connectivity index (χ0) is 33.7. The van der Waals surface area contributed by atoms with Gasteiger partial charge in [-0.3, -0.25) is 9.59 Å². The van der Waals surface area contributed by atoms with E-state index < -0.39 is 0 Å². The zero-order valence-electron chi connectivity index (χ0n) is 26.7. The van der Waals surface area contributed by atoms with Gasteiger partial charge < -0.3 is 19.8 Å². The summed E-state index contributed by atoms with van der Waals surface area (Å²) in [5, 5.41) is 26.4. The lowest BCUT2D eigenvalue weighted by Crippen LogP contribution is -2.35. The van der Waals surface area contributed by atoms with E-state index in [0.717, 1.165) is 56.2 Å². The lowest BCUT2D eigenvalue weighted by atomic mass is 9.98. The Hall–Kier alpha value is -6.19. The molecule has 4 aromatic carbocycles. The number of nitrogens with one attached hydrogen (secondary N) is 2. The number of rotatable bonds is 2. The van der Waals surface area contributed by atoms with Gasteiger partial charge in [-0.2, -0.15) is 10.5 Å². The Morgan fingerprint density at radius 2 is 1.17 bits per heavy atom. The SMILES string of the molecule is Cc1c2n(c3c(-c4cccc(F)c4)cc(C#N)cc13)CCNC2=O.Cc1ccc(-c2cc(C#N)cc3c(C)c4n(c23)CCNC4=O)cc1. The second-order valence-electron chi connectivity index (χ2n) is 12.2. The number of carbonyl (C=O) groups excluding carboxylic acids is 2. The van der Waals surface area contributed by atoms with E-state index in [1.54, 1.807) is 18.2 Å². The van der Waals surface area contributed by atoms with Gasteiger partial charge in [0.1, 0.15) is 17.2 Å². The number of amides is 2. The van der Waals surface area contributed by atoms with Crippen molar-refractivity contribution >= 4 is 33.6 Å². The number of benzene rings is 4. The third-order valence-corrected chi connectivity index (χ3v) is 9.25. The quantitative estimate of drug-likeness (QED) is 0.215. The Labute approximate surface area is 276 Å². The van der Waals surface area contributed by atoms with Crippen LogP contribution in [0.1, 0.15) is 48.8 Å². The molecule has 0 bridgehead atoms. The van der Waals surface area contributed by atoms with E-state index in [0.29, 0.717) is 47.7 Å². The maximum atomic E-state index is 13.7. The standard InChI is InChI=1S/C20H17N3O.C19H14FN3O/c1-12-3-5-15(6-4-12)17-10-14(11-21)9-16-13(2)18-20(24)22-7-8-23(18)19(16)17;1-11-15-7-12(10-21)8-16(13-3-2-4-14(20)9-13)18(15)23-6-5-22-19(24)17(11)23/h3-6,9-10H,7-8H2,1-2H3,(H,22,24);2-4,7-9H,5-6H2,1H3,(H,22,24). The van der Waals surface area contributed by atoms with Gasteiger partial charge in [-0.1, -0.05) is 42.0 Å². The Morgan fingerprint density at radius 3 is 1.65 bits per heavy atom. The minimum Gasteiger partial charge on any atom is -0.349 e. The van der Waals surface area contributed by atoms with Gasteiger partial charge in [0, 0.05) is 48.1 Å². The molecule has 48 heavy (non-hydrogen) atoms. The maximum Gasteiger partial charge on any atom is 0.268 e. The molecule has 0 saturated carbocycles. The predicted octanol–water partition coefficient (Wildman–Crippen LogP) is 6.91. The van der Waals surface area contributed by atoms with Gasteiger partial charge in [-0.05, 0) is 79.4 Å². The molecule has 0 fully saturated rings. The first-order valence-electron chi connectivity index (χ1n) is 15.7. The first-order chi connectivity index (χ1) is 23.2. The van der Waals surface area contributed by atoms with Crippen LogP contribution in [0, 0.1) is 49.3 Å². The van der Waals surface area contributed by atoms with E-state index in [4.69, 9.17) is 0 Å². The first-order valence-corrected chi connectivity index (χ1v) is 15.7. The summed E-state index contributed by atoms with van der Waals surface area (Å²) in [6, 6.07) is 26.4. The van der Waals surface area contributed by atoms with E-state index in [9.17, 15) is 24.5 Å². The van der Waals surface area contributed by atoms with Gasteiger partial charge in [0.05, 0.1) is 34.3 Å². The average molecular weight is 635 g/mol. The van der Waals surface area contributed by atoms with Crippen molar-refractivity contribution < 1.29 is 14.0 Å². The summed E-state index contributed by atoms with van der Waals surface area (Å²) in [6.07, 6.45) is 0. The zero-order valence-corrected chi connectivity index (χ0v) is 26.7. The van der Waals surface area contributed by atoms with Crippen molar-refractivity contribution in [2.75, 3.05) is 13.1 Å². The summed E-state index contributed by atoms with van der Waals surface area (Å²) >= 11 is 0. The second-order valence-corrected chi connectivity index (χ2v) is 12.2. The summed E-state index contributed by atoms with van der Waals surface area (Å²) in [5.74, 6) is -0.482. The van der Waals surface area contributed by atoms with Crippen LogP contribution in [0.2, 0.25) is 0 Å². The van der Waals surface area contributed by atoms with E-state index in [1.165, 1.54) is 17.7 Å². The summed E-state index contributed by atoms with van der Waals surface area (Å²) in [7, 11) is 0. The smallest absolute Gasteiger partial charge is 0.268 e. The minimum atomic E-state index is -0.331. The molecule has 2 amide bonds. The van der Waals surface area contributed by atoms with Gasteiger partial charge in [0.2, 0.25) is 0 Å². The maximum absolute atomic E-state index is 13.7. The number of halogens is 1. The number of nitriles is 2. The molecule has 2 aliphatic heterocycles. The molecule has 8 nitrogen and oxygen atoms in total. The Kier molecular flexibility index (Phi) is 7.53. The topological polar surface area (TPSA) is 116 Å². The van der Waals surface area contributed by atoms with Crippen LogP contribution in [0.15, 0.2) is 72.8 Å². The second kappa shape index (κ2) is 11.9. The molecule has 2 N–H and O–H groups in total. The van der Waals surface area contributed by atoms with Crippen molar-refractivity contribution in [3.05, 3.63) is 118 Å². The third-order valence-electron chi connectivity index (χ3n) is 9.25. The Morgan fingerprint density at radius 1 is 0.667 bits per heavy atom. The average Bonchev–Trinajstić information content (AvgIpc) is 3.56. The molecule has 0 unspecified atom stereocenters. The highest BCUT2D eigenvalue weighted by Gasteiger charge is 2.27. The summed E-state index contributed by atoms with van der Waals surface area (Å²) in [6.45, 7) is 8.48. The fourth-order valence-electron chi connectivity index (χ4n) is 7.03. The van der Waals surface area contributed by atoms with Gasteiger partial charge >= 0.3 is 0 Å². The van der Waals surface area contributed by atoms with Crippen LogP contribution in [0.25, 0.3) is 44.1 Å². The van der Waals surface area contributed by atoms with E-state index >= 15 is 0 Å². The van der Waals surface area contributed by atoms with Crippen LogP contribution >= 0.6 is 0 Å². The van der Waals surface area contributed by atoms with Crippen LogP contribution in [-0.2, 0) is 13.1 Å². The normalized spacial score (nSPS) is 13.5. The van der Waals surface area contributed by atoms with Crippen molar-refractivity contribution in [2.45, 2.75) is 33.9 Å². The van der Waals surface area contributed by atoms with Crippen LogP contribution in [-0.4, -0.2) is 34.0 Å². The first kappa shape index (κ1) is 30.5. The van der Waals surface area contributed by atoms with Crippen LogP contribution < -0.4 is 10.6 Å². The van der Waals surface area contributed by atoms with Gasteiger partial charge in [-0.25, -0.2) is 4.39 Å². The largest absolute Gasteiger partial charge is 0.349 e. The molecule has 0 atom stereocenters. The molecule has 9 heteroatoms. The highest BCUT2D eigenvalue weighted by Crippen LogP contribution is 2.38. The molecular weight excluding hydrogens is 603 g/mol. The highest BCUT2D eigenvalue weighted by atomic mass is 19.1. The predicted molar refractivity (Wildman–Crippen MR) is 183 cm³/mol. The molecule has 2 aromatic heterocycles. The van der Waals surface area contributed by atoms with Crippen molar-refractivity contribution in [1.29, 1.82) is 10.5 Å². The lowest BCUT2D eigenvalue weighted by Gasteiger charge is -2.18. The fraction of sp³-hybridized carbons (Fsp3) is 0.179. The van der Waals surface area contributed by atoms with E-state index in [-0.39, 0.29) is 17.6 Å². The van der Waals surface area contributed by atoms with Crippen molar-refractivity contribution in [1.82, 2.24) is 19.8 Å². The monoisotopic (exact) mass is 634 g/mol. The Bertz CT molecular complexity index is 2400. The number of aryl methyl sites for hydroxylation is 3. The Balaban J connectivity index is 0.000000152. The molecule has 0 saturated heterocycles. The van der Waals surface area contributed by atoms with Crippen molar-refractivity contribution in [3.63, 3.8) is 0 Å². The summed E-state index contributed by atoms with van der Waals surface area (Å²) < 4.78 is 17.8. The lowest BCUT2D eigenvalue weighted by molar-refractivity contribution is 0.0920. The number of fused-ring (bicyclic) bond motifs is 6. The number of nitrogens with zero attached hydrogens (tertiary/aromatic N) is 4. The summed E-state index contributed by atoms with van der Waals surface area (Å²) in [5.41, 5.74) is 10.9. The number of aromatic nitrogens is 2. The highest BCUT2D eigenvalue weighted by molar-refractivity contribution is 6.08. The van der Waals surface area contributed by atoms with Gasteiger partial charge in [-0.15, -0.1) is 0 Å². The molecule has 2 aliphatic rings. The van der Waals surface area contributed by atoms with Crippen LogP contribution in [0.4, 0.5) is 4.39 Å². The fourth-order valence-corrected chi connectivity index (χ4v) is 7.03. The molecule has 236 valence electrons. The van der Waals surface area contributed by atoms with Crippen LogP contribution in [0.5, 0.6) is 0 Å². The van der Waals surface area contributed by atoms with Gasteiger partial charge in [0.15, 0.2) is 0 Å². The number of carbonyl (C=O) groups is 2. The van der Waals surface area contributed by atoms with E-state index in [1.807, 2.05) is 36.6 Å².